The maximum Gasteiger partial charge on any atom is 0.338 e. The molecule has 17 heavy (non-hydrogen) atoms. The largest absolute Gasteiger partial charge is 0.478 e. The molecule has 1 N–H and O–H groups in total. The van der Waals surface area contributed by atoms with Crippen LogP contribution in [0, 0.1) is 5.41 Å². The summed E-state index contributed by atoms with van der Waals surface area (Å²) in [7, 11) is 1.66. The Labute approximate surface area is 100 Å². The van der Waals surface area contributed by atoms with Gasteiger partial charge in [-0.3, -0.25) is 4.79 Å². The first kappa shape index (κ1) is 13.3. The molecule has 5 heteroatoms. The number of aromatic carboxylic acids is 1. The lowest BCUT2D eigenvalue weighted by Crippen LogP contribution is -2.34. The summed E-state index contributed by atoms with van der Waals surface area (Å²) < 4.78 is 4.95. The molecule has 1 aromatic rings. The number of hydrogen-bond donors (Lipinski definition) is 1. The molecule has 0 saturated carbocycles. The topological polar surface area (TPSA) is 70.8 Å². The van der Waals surface area contributed by atoms with Crippen molar-refractivity contribution in [1.82, 2.24) is 4.90 Å². The highest BCUT2D eigenvalue weighted by atomic mass is 16.4. The van der Waals surface area contributed by atoms with Crippen LogP contribution in [0.3, 0.4) is 0 Å². The quantitative estimate of drug-likeness (QED) is 0.876. The number of rotatable bonds is 3. The van der Waals surface area contributed by atoms with E-state index in [1.54, 1.807) is 7.05 Å². The molecule has 0 bridgehead atoms. The molecule has 0 atom stereocenters. The van der Waals surface area contributed by atoms with E-state index in [4.69, 9.17) is 9.52 Å². The molecule has 1 rings (SSSR count). The van der Waals surface area contributed by atoms with Crippen LogP contribution in [0.5, 0.6) is 0 Å². The first-order valence-corrected chi connectivity index (χ1v) is 5.28. The van der Waals surface area contributed by atoms with E-state index >= 15 is 0 Å². The van der Waals surface area contributed by atoms with Crippen molar-refractivity contribution in [3.63, 3.8) is 0 Å². The van der Waals surface area contributed by atoms with Gasteiger partial charge in [-0.1, -0.05) is 20.8 Å². The summed E-state index contributed by atoms with van der Waals surface area (Å²) in [6.07, 6.45) is 1.07. The molecule has 0 aliphatic rings. The fourth-order valence-electron chi connectivity index (χ4n) is 1.53. The molecule has 0 spiro atoms. The fraction of sp³-hybridized carbons (Fsp3) is 0.500. The Bertz CT molecular complexity index is 428. The van der Waals surface area contributed by atoms with E-state index in [1.807, 2.05) is 20.8 Å². The Morgan fingerprint density at radius 1 is 1.41 bits per heavy atom. The van der Waals surface area contributed by atoms with Gasteiger partial charge in [0.2, 0.25) is 0 Å². The van der Waals surface area contributed by atoms with Crippen LogP contribution in [0.25, 0.3) is 0 Å². The Morgan fingerprint density at radius 3 is 2.41 bits per heavy atom. The molecule has 0 saturated heterocycles. The molecular weight excluding hydrogens is 222 g/mol. The van der Waals surface area contributed by atoms with Gasteiger partial charge < -0.3 is 14.4 Å². The van der Waals surface area contributed by atoms with Crippen molar-refractivity contribution < 1.29 is 19.1 Å². The van der Waals surface area contributed by atoms with Crippen LogP contribution in [0.4, 0.5) is 0 Å². The maximum atomic E-state index is 11.9. The Hall–Kier alpha value is -1.78. The summed E-state index contributed by atoms with van der Waals surface area (Å²) >= 11 is 0. The molecule has 94 valence electrons. The third-order valence-corrected chi connectivity index (χ3v) is 2.12. The van der Waals surface area contributed by atoms with Crippen LogP contribution in [-0.2, 0) is 0 Å². The first-order valence-electron chi connectivity index (χ1n) is 5.28. The Kier molecular flexibility index (Phi) is 3.60. The molecule has 5 nitrogen and oxygen atoms in total. The average Bonchev–Trinajstić information content (AvgIpc) is 2.62. The fourth-order valence-corrected chi connectivity index (χ4v) is 1.53. The molecule has 1 heterocycles. The van der Waals surface area contributed by atoms with Gasteiger partial charge in [0.1, 0.15) is 6.26 Å². The van der Waals surface area contributed by atoms with Gasteiger partial charge in [0.05, 0.1) is 5.56 Å². The molecule has 0 fully saturated rings. The lowest BCUT2D eigenvalue weighted by atomic mass is 9.96. The summed E-state index contributed by atoms with van der Waals surface area (Å²) in [5.74, 6) is -1.37. The van der Waals surface area contributed by atoms with Gasteiger partial charge in [-0.25, -0.2) is 4.79 Å². The minimum absolute atomic E-state index is 0.0162. The summed E-state index contributed by atoms with van der Waals surface area (Å²) in [4.78, 5) is 24.1. The highest BCUT2D eigenvalue weighted by molar-refractivity contribution is 5.95. The molecule has 0 aliphatic heterocycles. The highest BCUT2D eigenvalue weighted by Crippen LogP contribution is 2.17. The van der Waals surface area contributed by atoms with Crippen molar-refractivity contribution in [2.24, 2.45) is 5.41 Å². The predicted octanol–water partition coefficient (Wildman–Crippen LogP) is 2.10. The normalized spacial score (nSPS) is 11.3. The van der Waals surface area contributed by atoms with Crippen molar-refractivity contribution in [3.8, 4) is 0 Å². The van der Waals surface area contributed by atoms with Gasteiger partial charge in [0, 0.05) is 19.7 Å². The maximum absolute atomic E-state index is 11.9. The lowest BCUT2D eigenvalue weighted by Gasteiger charge is -2.25. The van der Waals surface area contributed by atoms with Gasteiger partial charge in [-0.15, -0.1) is 0 Å². The minimum atomic E-state index is -1.11. The number of carbonyl (C=O) groups is 2. The number of nitrogens with zero attached hydrogens (tertiary/aromatic N) is 1. The number of hydrogen-bond acceptors (Lipinski definition) is 3. The van der Waals surface area contributed by atoms with Crippen molar-refractivity contribution in [1.29, 1.82) is 0 Å². The first-order chi connectivity index (χ1) is 7.70. The molecule has 0 aliphatic carbocycles. The lowest BCUT2D eigenvalue weighted by molar-refractivity contribution is 0.0693. The van der Waals surface area contributed by atoms with Crippen molar-refractivity contribution in [3.05, 3.63) is 23.7 Å². The van der Waals surface area contributed by atoms with Crippen LogP contribution in [0.2, 0.25) is 0 Å². The van der Waals surface area contributed by atoms with E-state index < -0.39 is 5.97 Å². The van der Waals surface area contributed by atoms with E-state index in [2.05, 4.69) is 0 Å². The molecule has 1 aromatic heterocycles. The molecule has 1 amide bonds. The zero-order valence-electron chi connectivity index (χ0n) is 10.5. The van der Waals surface area contributed by atoms with Gasteiger partial charge in [-0.05, 0) is 5.41 Å². The molecule has 0 unspecified atom stereocenters. The zero-order chi connectivity index (χ0) is 13.2. The van der Waals surface area contributed by atoms with Crippen LogP contribution >= 0.6 is 0 Å². The Morgan fingerprint density at radius 2 is 2.00 bits per heavy atom. The standard InChI is InChI=1S/C12H17NO4/c1-12(2,3)7-13(4)10(14)9-5-8(6-17-9)11(15)16/h5-6H,7H2,1-4H3,(H,15,16). The van der Waals surface area contributed by atoms with E-state index in [0.29, 0.717) is 6.54 Å². The second-order valence-corrected chi connectivity index (χ2v) is 5.23. The molecular formula is C12H17NO4. The van der Waals surface area contributed by atoms with Crippen LogP contribution in [0.1, 0.15) is 41.7 Å². The monoisotopic (exact) mass is 239 g/mol. The summed E-state index contributed by atoms with van der Waals surface area (Å²) in [6, 6.07) is 1.24. The third kappa shape index (κ3) is 3.62. The third-order valence-electron chi connectivity index (χ3n) is 2.12. The zero-order valence-corrected chi connectivity index (χ0v) is 10.5. The highest BCUT2D eigenvalue weighted by Gasteiger charge is 2.22. The van der Waals surface area contributed by atoms with Crippen LogP contribution < -0.4 is 0 Å². The number of amides is 1. The van der Waals surface area contributed by atoms with E-state index in [1.165, 1.54) is 11.0 Å². The summed E-state index contributed by atoms with van der Waals surface area (Å²) in [6.45, 7) is 6.61. The number of carboxylic acid groups (broad SMARTS) is 1. The molecule has 0 radical (unpaired) electrons. The van der Waals surface area contributed by atoms with Gasteiger partial charge in [0.15, 0.2) is 5.76 Å². The van der Waals surface area contributed by atoms with Gasteiger partial charge in [0.25, 0.3) is 5.91 Å². The van der Waals surface area contributed by atoms with Crippen LogP contribution in [-0.4, -0.2) is 35.5 Å². The number of furan rings is 1. The predicted molar refractivity (Wildman–Crippen MR) is 62.1 cm³/mol. The molecule has 0 aromatic carbocycles. The average molecular weight is 239 g/mol. The SMILES string of the molecule is CN(CC(C)(C)C)C(=O)c1cc(C(=O)O)co1. The van der Waals surface area contributed by atoms with E-state index in [0.717, 1.165) is 6.26 Å². The number of carboxylic acids is 1. The van der Waals surface area contributed by atoms with E-state index in [-0.39, 0.29) is 22.6 Å². The smallest absolute Gasteiger partial charge is 0.338 e. The second-order valence-electron chi connectivity index (χ2n) is 5.23. The van der Waals surface area contributed by atoms with E-state index in [9.17, 15) is 9.59 Å². The van der Waals surface area contributed by atoms with Crippen molar-refractivity contribution >= 4 is 11.9 Å². The van der Waals surface area contributed by atoms with Gasteiger partial charge in [-0.2, -0.15) is 0 Å². The summed E-state index contributed by atoms with van der Waals surface area (Å²) in [5.41, 5.74) is -0.0374. The van der Waals surface area contributed by atoms with Crippen molar-refractivity contribution in [2.45, 2.75) is 20.8 Å². The van der Waals surface area contributed by atoms with Gasteiger partial charge >= 0.3 is 5.97 Å². The van der Waals surface area contributed by atoms with Crippen molar-refractivity contribution in [2.75, 3.05) is 13.6 Å². The summed E-state index contributed by atoms with van der Waals surface area (Å²) in [5, 5.41) is 8.72. The minimum Gasteiger partial charge on any atom is -0.478 e. The number of carbonyl (C=O) groups excluding carboxylic acids is 1. The second kappa shape index (κ2) is 4.61. The Balaban J connectivity index is 2.78. The van der Waals surface area contributed by atoms with Crippen LogP contribution in [0.15, 0.2) is 16.7 Å².